The number of hydrogen-bond donors (Lipinski definition) is 0. The number of rotatable bonds is 6. The lowest BCUT2D eigenvalue weighted by Crippen LogP contribution is -2.27. The molecule has 36 heavy (non-hydrogen) atoms. The Kier molecular flexibility index (Phi) is 6.79. The number of nitrogens with zero attached hydrogens (tertiary/aromatic N) is 4. The number of benzene rings is 1. The first kappa shape index (κ1) is 25.6. The van der Waals surface area contributed by atoms with Gasteiger partial charge in [-0.2, -0.15) is 0 Å². The Labute approximate surface area is 212 Å². The highest BCUT2D eigenvalue weighted by atomic mass is 32.2. The van der Waals surface area contributed by atoms with Crippen molar-refractivity contribution >= 4 is 33.1 Å². The van der Waals surface area contributed by atoms with Crippen LogP contribution >= 0.6 is 0 Å². The normalized spacial score (nSPS) is 13.8. The van der Waals surface area contributed by atoms with E-state index in [1.807, 2.05) is 36.9 Å². The molecule has 0 aliphatic carbocycles. The first-order chi connectivity index (χ1) is 17.0. The topological polar surface area (TPSA) is 92.7 Å². The summed E-state index contributed by atoms with van der Waals surface area (Å²) in [5, 5.41) is 0. The molecule has 0 atom stereocenters. The van der Waals surface area contributed by atoms with Gasteiger partial charge in [0.1, 0.15) is 11.6 Å². The highest BCUT2D eigenvalue weighted by Crippen LogP contribution is 2.37. The highest BCUT2D eigenvalue weighted by molar-refractivity contribution is 7.92. The van der Waals surface area contributed by atoms with Gasteiger partial charge in [-0.25, -0.2) is 18.4 Å². The van der Waals surface area contributed by atoms with Crippen molar-refractivity contribution in [1.82, 2.24) is 9.97 Å². The fourth-order valence-electron chi connectivity index (χ4n) is 4.14. The Morgan fingerprint density at radius 2 is 1.81 bits per heavy atom. The molecule has 0 saturated heterocycles. The first-order valence-corrected chi connectivity index (χ1v) is 13.4. The quantitative estimate of drug-likeness (QED) is 0.475. The van der Waals surface area contributed by atoms with E-state index in [2.05, 4.69) is 9.97 Å². The van der Waals surface area contributed by atoms with Gasteiger partial charge in [0.05, 0.1) is 27.5 Å². The van der Waals surface area contributed by atoms with Crippen LogP contribution in [0.4, 0.5) is 17.3 Å². The van der Waals surface area contributed by atoms with E-state index < -0.39 is 14.6 Å². The lowest BCUT2D eigenvalue weighted by molar-refractivity contribution is 0.0994. The molecule has 0 saturated carbocycles. The van der Waals surface area contributed by atoms with E-state index in [4.69, 9.17) is 4.74 Å². The standard InChI is InChI=1S/C27H32N4O4S/c1-7-31-24-21(26(32)30(6)22-9-8-13-28-25(22)31)16-19(17-29-24)12-14-35-23-11-10-20(15-18(23)2)36(33,34)27(3,4)5/h8-11,13,15-17H,7,12,14H2,1-6H3. The van der Waals surface area contributed by atoms with E-state index >= 15 is 0 Å². The van der Waals surface area contributed by atoms with Crippen molar-refractivity contribution < 1.29 is 17.9 Å². The summed E-state index contributed by atoms with van der Waals surface area (Å²) in [5.74, 6) is 1.77. The molecule has 0 spiro atoms. The molecule has 190 valence electrons. The molecule has 4 rings (SSSR count). The average molecular weight is 509 g/mol. The second-order valence-electron chi connectivity index (χ2n) is 9.81. The summed E-state index contributed by atoms with van der Waals surface area (Å²) in [7, 11) is -1.69. The summed E-state index contributed by atoms with van der Waals surface area (Å²) in [6, 6.07) is 10.5. The maximum absolute atomic E-state index is 13.3. The molecule has 0 fully saturated rings. The molecular formula is C27H32N4O4S. The number of amides is 1. The van der Waals surface area contributed by atoms with Gasteiger partial charge >= 0.3 is 0 Å². The lowest BCUT2D eigenvalue weighted by Gasteiger charge is -2.22. The van der Waals surface area contributed by atoms with Crippen molar-refractivity contribution in [2.75, 3.05) is 30.0 Å². The van der Waals surface area contributed by atoms with Crippen molar-refractivity contribution in [3.8, 4) is 5.75 Å². The predicted molar refractivity (Wildman–Crippen MR) is 141 cm³/mol. The summed E-state index contributed by atoms with van der Waals surface area (Å²) >= 11 is 0. The second kappa shape index (κ2) is 9.54. The molecular weight excluding hydrogens is 476 g/mol. The summed E-state index contributed by atoms with van der Waals surface area (Å²) in [4.78, 5) is 26.3. The van der Waals surface area contributed by atoms with Gasteiger partial charge in [0.15, 0.2) is 15.7 Å². The van der Waals surface area contributed by atoms with E-state index in [0.29, 0.717) is 42.5 Å². The molecule has 2 aromatic heterocycles. The molecule has 1 aliphatic heterocycles. The van der Waals surface area contributed by atoms with E-state index in [-0.39, 0.29) is 10.8 Å². The summed E-state index contributed by atoms with van der Waals surface area (Å²) in [6.45, 7) is 9.88. The third-order valence-electron chi connectivity index (χ3n) is 6.32. The van der Waals surface area contributed by atoms with Gasteiger partial charge in [-0.3, -0.25) is 4.79 Å². The molecule has 8 nitrogen and oxygen atoms in total. The predicted octanol–water partition coefficient (Wildman–Crippen LogP) is 4.73. The van der Waals surface area contributed by atoms with Crippen molar-refractivity contribution in [2.24, 2.45) is 0 Å². The van der Waals surface area contributed by atoms with Crippen LogP contribution in [0.15, 0.2) is 53.7 Å². The minimum Gasteiger partial charge on any atom is -0.493 e. The molecule has 0 bridgehead atoms. The molecule has 3 heterocycles. The molecule has 0 radical (unpaired) electrons. The number of aromatic nitrogens is 2. The number of carbonyl (C=O) groups is 1. The minimum absolute atomic E-state index is 0.142. The van der Waals surface area contributed by atoms with Gasteiger partial charge < -0.3 is 14.5 Å². The maximum atomic E-state index is 13.3. The number of fused-ring (bicyclic) bond motifs is 2. The second-order valence-corrected chi connectivity index (χ2v) is 12.5. The van der Waals surface area contributed by atoms with Gasteiger partial charge in [0, 0.05) is 32.4 Å². The Morgan fingerprint density at radius 3 is 2.47 bits per heavy atom. The van der Waals surface area contributed by atoms with Crippen molar-refractivity contribution in [3.05, 3.63) is 65.5 Å². The zero-order valence-electron chi connectivity index (χ0n) is 21.6. The van der Waals surface area contributed by atoms with E-state index in [1.54, 1.807) is 63.3 Å². The Hall–Kier alpha value is -3.46. The summed E-state index contributed by atoms with van der Waals surface area (Å²) in [5.41, 5.74) is 2.87. The number of pyridine rings is 2. The summed E-state index contributed by atoms with van der Waals surface area (Å²) < 4.78 is 30.6. The number of hydrogen-bond acceptors (Lipinski definition) is 7. The van der Waals surface area contributed by atoms with Crippen LogP contribution in [0.2, 0.25) is 0 Å². The molecule has 1 aromatic carbocycles. The van der Waals surface area contributed by atoms with Crippen LogP contribution in [-0.4, -0.2) is 49.2 Å². The SMILES string of the molecule is CCN1c2ncc(CCOc3ccc(S(=O)(=O)C(C)(C)C)cc3C)cc2C(=O)N(C)c2cccnc21. The van der Waals surface area contributed by atoms with Crippen LogP contribution in [0.1, 0.15) is 49.2 Å². The molecule has 1 aliphatic rings. The fourth-order valence-corrected chi connectivity index (χ4v) is 5.43. The molecule has 9 heteroatoms. The van der Waals surface area contributed by atoms with Crippen molar-refractivity contribution in [2.45, 2.75) is 50.7 Å². The fraction of sp³-hybridized carbons (Fsp3) is 0.370. The number of aryl methyl sites for hydroxylation is 1. The number of ether oxygens (including phenoxy) is 1. The summed E-state index contributed by atoms with van der Waals surface area (Å²) in [6.07, 6.45) is 4.01. The maximum Gasteiger partial charge on any atom is 0.261 e. The Bertz CT molecular complexity index is 1410. The van der Waals surface area contributed by atoms with Crippen LogP contribution in [0, 0.1) is 6.92 Å². The Morgan fingerprint density at radius 1 is 1.06 bits per heavy atom. The largest absolute Gasteiger partial charge is 0.493 e. The first-order valence-electron chi connectivity index (χ1n) is 11.9. The van der Waals surface area contributed by atoms with Crippen molar-refractivity contribution in [3.63, 3.8) is 0 Å². The molecule has 0 N–H and O–H groups in total. The van der Waals surface area contributed by atoms with Crippen LogP contribution in [0.25, 0.3) is 0 Å². The average Bonchev–Trinajstić information content (AvgIpc) is 2.92. The van der Waals surface area contributed by atoms with Crippen LogP contribution < -0.4 is 14.5 Å². The third kappa shape index (κ3) is 4.55. The van der Waals surface area contributed by atoms with Crippen LogP contribution in [0.5, 0.6) is 5.75 Å². The number of carbonyl (C=O) groups excluding carboxylic acids is 1. The minimum atomic E-state index is -3.44. The molecule has 0 unspecified atom stereocenters. The van der Waals surface area contributed by atoms with E-state index in [1.165, 1.54) is 0 Å². The van der Waals surface area contributed by atoms with Gasteiger partial charge in [-0.05, 0) is 82.1 Å². The Balaban J connectivity index is 1.53. The highest BCUT2D eigenvalue weighted by Gasteiger charge is 2.32. The lowest BCUT2D eigenvalue weighted by atomic mass is 10.1. The van der Waals surface area contributed by atoms with Gasteiger partial charge in [-0.1, -0.05) is 0 Å². The third-order valence-corrected chi connectivity index (χ3v) is 8.81. The molecule has 1 amide bonds. The molecule has 3 aromatic rings. The van der Waals surface area contributed by atoms with Gasteiger partial charge in [-0.15, -0.1) is 0 Å². The number of sulfone groups is 1. The smallest absolute Gasteiger partial charge is 0.261 e. The van der Waals surface area contributed by atoms with Crippen molar-refractivity contribution in [1.29, 1.82) is 0 Å². The van der Waals surface area contributed by atoms with Gasteiger partial charge in [0.2, 0.25) is 0 Å². The van der Waals surface area contributed by atoms with E-state index in [0.717, 1.165) is 16.8 Å². The van der Waals surface area contributed by atoms with E-state index in [9.17, 15) is 13.2 Å². The monoisotopic (exact) mass is 508 g/mol. The zero-order valence-corrected chi connectivity index (χ0v) is 22.4. The zero-order chi connectivity index (χ0) is 26.3. The number of anilines is 3. The van der Waals surface area contributed by atoms with Crippen LogP contribution in [-0.2, 0) is 16.3 Å². The van der Waals surface area contributed by atoms with Crippen LogP contribution in [0.3, 0.4) is 0 Å². The van der Waals surface area contributed by atoms with Gasteiger partial charge in [0.25, 0.3) is 5.91 Å².